The van der Waals surface area contributed by atoms with Crippen molar-refractivity contribution in [2.45, 2.75) is 6.04 Å². The average Bonchev–Trinajstić information content (AvgIpc) is 2.43. The van der Waals surface area contributed by atoms with E-state index in [9.17, 15) is 9.18 Å². The van der Waals surface area contributed by atoms with Gasteiger partial charge < -0.3 is 10.6 Å². The molecule has 0 spiro atoms. The molecule has 0 aromatic heterocycles. The Morgan fingerprint density at radius 1 is 1.33 bits per heavy atom. The summed E-state index contributed by atoms with van der Waals surface area (Å²) in [6.45, 7) is 6.54. The first-order chi connectivity index (χ1) is 10.2. The molecule has 0 radical (unpaired) electrons. The number of carbonyl (C=O) groups is 1. The van der Waals surface area contributed by atoms with Gasteiger partial charge in [0.2, 0.25) is 5.91 Å². The molecule has 6 heteroatoms. The summed E-state index contributed by atoms with van der Waals surface area (Å²) in [4.78, 5) is 16.5. The van der Waals surface area contributed by atoms with Gasteiger partial charge in [0.25, 0.3) is 0 Å². The molecule has 1 aromatic rings. The Labute approximate surface area is 124 Å². The van der Waals surface area contributed by atoms with Crippen molar-refractivity contribution in [1.82, 2.24) is 15.1 Å². The molecule has 2 heterocycles. The van der Waals surface area contributed by atoms with Crippen LogP contribution in [-0.4, -0.2) is 67.6 Å². The first-order valence-electron chi connectivity index (χ1n) is 7.43. The SMILES string of the molecule is O=C(CN1CC(N2CCNCC2)C1)Nc1cccc(F)c1. The second kappa shape index (κ2) is 6.51. The number of piperazine rings is 1. The van der Waals surface area contributed by atoms with Gasteiger partial charge in [-0.1, -0.05) is 6.07 Å². The third-order valence-corrected chi connectivity index (χ3v) is 4.08. The molecule has 5 nitrogen and oxygen atoms in total. The molecule has 1 aromatic carbocycles. The number of benzene rings is 1. The number of nitrogens with zero attached hydrogens (tertiary/aromatic N) is 2. The Morgan fingerprint density at radius 2 is 2.10 bits per heavy atom. The fourth-order valence-corrected chi connectivity index (χ4v) is 2.92. The van der Waals surface area contributed by atoms with E-state index >= 15 is 0 Å². The molecule has 2 N–H and O–H groups in total. The highest BCUT2D eigenvalue weighted by Crippen LogP contribution is 2.15. The van der Waals surface area contributed by atoms with Crippen LogP contribution in [0.3, 0.4) is 0 Å². The van der Waals surface area contributed by atoms with Crippen LogP contribution in [0.25, 0.3) is 0 Å². The normalized spacial score (nSPS) is 21.0. The minimum Gasteiger partial charge on any atom is -0.325 e. The summed E-state index contributed by atoms with van der Waals surface area (Å²) in [6, 6.07) is 6.56. The van der Waals surface area contributed by atoms with Gasteiger partial charge in [0, 0.05) is 51.0 Å². The first-order valence-corrected chi connectivity index (χ1v) is 7.43. The summed E-state index contributed by atoms with van der Waals surface area (Å²) in [7, 11) is 0. The van der Waals surface area contributed by atoms with Gasteiger partial charge in [0.15, 0.2) is 0 Å². The summed E-state index contributed by atoms with van der Waals surface area (Å²) in [5, 5.41) is 6.08. The maximum Gasteiger partial charge on any atom is 0.238 e. The second-order valence-electron chi connectivity index (χ2n) is 5.69. The van der Waals surface area contributed by atoms with E-state index in [0.29, 0.717) is 18.3 Å². The van der Waals surface area contributed by atoms with Crippen molar-refractivity contribution in [3.63, 3.8) is 0 Å². The van der Waals surface area contributed by atoms with Crippen molar-refractivity contribution in [3.05, 3.63) is 30.1 Å². The Morgan fingerprint density at radius 3 is 2.81 bits per heavy atom. The van der Waals surface area contributed by atoms with Crippen LogP contribution in [0.4, 0.5) is 10.1 Å². The smallest absolute Gasteiger partial charge is 0.238 e. The summed E-state index contributed by atoms with van der Waals surface area (Å²) >= 11 is 0. The Bertz CT molecular complexity index is 498. The zero-order valence-corrected chi connectivity index (χ0v) is 12.0. The van der Waals surface area contributed by atoms with E-state index in [1.54, 1.807) is 12.1 Å². The molecule has 2 aliphatic heterocycles. The maximum atomic E-state index is 13.0. The number of halogens is 1. The van der Waals surface area contributed by atoms with E-state index < -0.39 is 0 Å². The number of likely N-dealkylation sites (tertiary alicyclic amines) is 1. The highest BCUT2D eigenvalue weighted by molar-refractivity contribution is 5.92. The maximum absolute atomic E-state index is 13.0. The molecule has 2 fully saturated rings. The van der Waals surface area contributed by atoms with Crippen molar-refractivity contribution >= 4 is 11.6 Å². The topological polar surface area (TPSA) is 47.6 Å². The predicted molar refractivity (Wildman–Crippen MR) is 79.7 cm³/mol. The summed E-state index contributed by atoms with van der Waals surface area (Å²) in [6.07, 6.45) is 0. The lowest BCUT2D eigenvalue weighted by atomic mass is 10.1. The number of anilines is 1. The Hall–Kier alpha value is -1.50. The van der Waals surface area contributed by atoms with Crippen LogP contribution < -0.4 is 10.6 Å². The van der Waals surface area contributed by atoms with E-state index in [1.165, 1.54) is 12.1 Å². The highest BCUT2D eigenvalue weighted by Gasteiger charge is 2.32. The first kappa shape index (κ1) is 14.4. The van der Waals surface area contributed by atoms with Crippen LogP contribution in [0.5, 0.6) is 0 Å². The zero-order valence-electron chi connectivity index (χ0n) is 12.0. The van der Waals surface area contributed by atoms with Gasteiger partial charge >= 0.3 is 0 Å². The number of rotatable bonds is 4. The van der Waals surface area contributed by atoms with Crippen LogP contribution in [0.15, 0.2) is 24.3 Å². The van der Waals surface area contributed by atoms with Crippen LogP contribution in [-0.2, 0) is 4.79 Å². The molecule has 3 rings (SSSR count). The standard InChI is InChI=1S/C15H21FN4O/c16-12-2-1-3-13(8-12)18-15(21)11-19-9-14(10-19)20-6-4-17-5-7-20/h1-3,8,14,17H,4-7,9-11H2,(H,18,21). The van der Waals surface area contributed by atoms with Gasteiger partial charge in [-0.2, -0.15) is 0 Å². The van der Waals surface area contributed by atoms with Gasteiger partial charge in [-0.15, -0.1) is 0 Å². The molecule has 114 valence electrons. The third-order valence-electron chi connectivity index (χ3n) is 4.08. The minimum absolute atomic E-state index is 0.0839. The predicted octanol–water partition coefficient (Wildman–Crippen LogP) is 0.354. The Balaban J connectivity index is 1.40. The summed E-state index contributed by atoms with van der Waals surface area (Å²) in [5.74, 6) is -0.421. The molecule has 0 saturated carbocycles. The van der Waals surface area contributed by atoms with Gasteiger partial charge in [0.1, 0.15) is 5.82 Å². The largest absolute Gasteiger partial charge is 0.325 e. The lowest BCUT2D eigenvalue weighted by Crippen LogP contribution is -2.63. The molecule has 0 aliphatic carbocycles. The second-order valence-corrected chi connectivity index (χ2v) is 5.69. The van der Waals surface area contributed by atoms with Crippen LogP contribution >= 0.6 is 0 Å². The van der Waals surface area contributed by atoms with Crippen LogP contribution in [0, 0.1) is 5.82 Å². The van der Waals surface area contributed by atoms with E-state index in [4.69, 9.17) is 0 Å². The van der Waals surface area contributed by atoms with Crippen molar-refractivity contribution in [1.29, 1.82) is 0 Å². The lowest BCUT2D eigenvalue weighted by molar-refractivity contribution is -0.119. The molecular weight excluding hydrogens is 271 g/mol. The van der Waals surface area contributed by atoms with Crippen LogP contribution in [0.1, 0.15) is 0 Å². The molecule has 21 heavy (non-hydrogen) atoms. The quantitative estimate of drug-likeness (QED) is 0.841. The van der Waals surface area contributed by atoms with E-state index in [-0.39, 0.29) is 11.7 Å². The van der Waals surface area contributed by atoms with Gasteiger partial charge in [-0.3, -0.25) is 14.6 Å². The zero-order chi connectivity index (χ0) is 14.7. The lowest BCUT2D eigenvalue weighted by Gasteiger charge is -2.46. The van der Waals surface area contributed by atoms with Crippen molar-refractivity contribution in [3.8, 4) is 0 Å². The molecule has 0 unspecified atom stereocenters. The fraction of sp³-hybridized carbons (Fsp3) is 0.533. The molecule has 0 atom stereocenters. The number of carbonyl (C=O) groups excluding carboxylic acids is 1. The average molecular weight is 292 g/mol. The minimum atomic E-state index is -0.337. The highest BCUT2D eigenvalue weighted by atomic mass is 19.1. The molecule has 2 saturated heterocycles. The summed E-state index contributed by atoms with van der Waals surface area (Å²) < 4.78 is 13.0. The van der Waals surface area contributed by atoms with Gasteiger partial charge in [-0.05, 0) is 18.2 Å². The molecule has 1 amide bonds. The Kier molecular flexibility index (Phi) is 4.48. The van der Waals surface area contributed by atoms with Crippen LogP contribution in [0.2, 0.25) is 0 Å². The number of amides is 1. The molecular formula is C15H21FN4O. The number of hydrogen-bond acceptors (Lipinski definition) is 4. The fourth-order valence-electron chi connectivity index (χ4n) is 2.92. The molecule has 2 aliphatic rings. The van der Waals surface area contributed by atoms with Crippen molar-refractivity contribution in [2.24, 2.45) is 0 Å². The van der Waals surface area contributed by atoms with Gasteiger partial charge in [0.05, 0.1) is 6.54 Å². The van der Waals surface area contributed by atoms with Crippen molar-refractivity contribution < 1.29 is 9.18 Å². The number of hydrogen-bond donors (Lipinski definition) is 2. The monoisotopic (exact) mass is 292 g/mol. The van der Waals surface area contributed by atoms with E-state index in [1.807, 2.05) is 0 Å². The van der Waals surface area contributed by atoms with E-state index in [0.717, 1.165) is 39.3 Å². The molecule has 0 bridgehead atoms. The van der Waals surface area contributed by atoms with E-state index in [2.05, 4.69) is 20.4 Å². The van der Waals surface area contributed by atoms with Gasteiger partial charge in [-0.25, -0.2) is 4.39 Å². The number of nitrogens with one attached hydrogen (secondary N) is 2. The summed E-state index contributed by atoms with van der Waals surface area (Å²) in [5.41, 5.74) is 0.513. The third kappa shape index (κ3) is 3.78. The van der Waals surface area contributed by atoms with Crippen molar-refractivity contribution in [2.75, 3.05) is 51.1 Å².